The fourth-order valence-electron chi connectivity index (χ4n) is 3.87. The normalized spacial score (nSPS) is 22.0. The zero-order valence-corrected chi connectivity index (χ0v) is 14.3. The van der Waals surface area contributed by atoms with Crippen molar-refractivity contribution in [2.24, 2.45) is 5.92 Å². The van der Waals surface area contributed by atoms with E-state index in [1.165, 1.54) is 11.0 Å². The van der Waals surface area contributed by atoms with Gasteiger partial charge in [-0.25, -0.2) is 8.78 Å². The second-order valence-corrected chi connectivity index (χ2v) is 6.89. The van der Waals surface area contributed by atoms with Crippen molar-refractivity contribution >= 4 is 23.2 Å². The minimum atomic E-state index is -1.01. The van der Waals surface area contributed by atoms with Gasteiger partial charge >= 0.3 is 0 Å². The molecule has 26 heavy (non-hydrogen) atoms. The number of carbonyl (C=O) groups excluding carboxylic acids is 2. The molecule has 0 aliphatic carbocycles. The highest BCUT2D eigenvalue weighted by atomic mass is 19.2. The van der Waals surface area contributed by atoms with Gasteiger partial charge < -0.3 is 9.80 Å². The van der Waals surface area contributed by atoms with Crippen LogP contribution in [0.15, 0.2) is 42.5 Å². The first kappa shape index (κ1) is 16.7. The zero-order valence-electron chi connectivity index (χ0n) is 14.3. The molecule has 4 rings (SSSR count). The van der Waals surface area contributed by atoms with E-state index in [-0.39, 0.29) is 36.5 Å². The van der Waals surface area contributed by atoms with E-state index in [1.54, 1.807) is 4.90 Å². The molecule has 1 saturated heterocycles. The third-order valence-electron chi connectivity index (χ3n) is 5.13. The maximum Gasteiger partial charge on any atom is 0.232 e. The molecule has 0 aromatic heterocycles. The molecule has 0 N–H and O–H groups in total. The van der Waals surface area contributed by atoms with Crippen molar-refractivity contribution in [3.63, 3.8) is 0 Å². The number of carbonyl (C=O) groups is 2. The number of fused-ring (bicyclic) bond motifs is 1. The van der Waals surface area contributed by atoms with Crippen LogP contribution in [0.25, 0.3) is 0 Å². The molecule has 2 heterocycles. The lowest BCUT2D eigenvalue weighted by molar-refractivity contribution is -0.124. The van der Waals surface area contributed by atoms with Gasteiger partial charge in [-0.1, -0.05) is 18.2 Å². The lowest BCUT2D eigenvalue weighted by Gasteiger charge is -2.26. The van der Waals surface area contributed by atoms with Crippen LogP contribution < -0.4 is 9.80 Å². The van der Waals surface area contributed by atoms with Crippen molar-refractivity contribution in [2.75, 3.05) is 16.3 Å². The summed E-state index contributed by atoms with van der Waals surface area (Å²) in [4.78, 5) is 28.6. The Balaban J connectivity index is 1.57. The zero-order chi connectivity index (χ0) is 18.4. The van der Waals surface area contributed by atoms with Crippen molar-refractivity contribution in [2.45, 2.75) is 25.8 Å². The third-order valence-corrected chi connectivity index (χ3v) is 5.13. The molecule has 0 saturated carbocycles. The number of para-hydroxylation sites is 1. The first-order valence-corrected chi connectivity index (χ1v) is 8.62. The summed E-state index contributed by atoms with van der Waals surface area (Å²) in [5, 5.41) is 0. The van der Waals surface area contributed by atoms with Gasteiger partial charge in [0.1, 0.15) is 0 Å². The van der Waals surface area contributed by atoms with E-state index in [2.05, 4.69) is 0 Å². The number of hydrogen-bond donors (Lipinski definition) is 0. The molecule has 2 aromatic rings. The van der Waals surface area contributed by atoms with E-state index in [4.69, 9.17) is 0 Å². The predicted octanol–water partition coefficient (Wildman–Crippen LogP) is 3.30. The van der Waals surface area contributed by atoms with Gasteiger partial charge in [0.15, 0.2) is 11.6 Å². The van der Waals surface area contributed by atoms with E-state index in [9.17, 15) is 18.4 Å². The van der Waals surface area contributed by atoms with Crippen molar-refractivity contribution in [3.8, 4) is 0 Å². The molecule has 2 aliphatic heterocycles. The maximum atomic E-state index is 13.5. The minimum Gasteiger partial charge on any atom is -0.311 e. The number of halogens is 2. The van der Waals surface area contributed by atoms with Gasteiger partial charge in [-0.15, -0.1) is 0 Å². The number of nitrogens with zero attached hydrogens (tertiary/aromatic N) is 2. The van der Waals surface area contributed by atoms with Crippen LogP contribution in [-0.2, 0) is 16.0 Å². The average Bonchev–Trinajstić information content (AvgIpc) is 3.16. The number of amides is 2. The van der Waals surface area contributed by atoms with Gasteiger partial charge in [-0.2, -0.15) is 0 Å². The van der Waals surface area contributed by atoms with Crippen LogP contribution in [0.2, 0.25) is 0 Å². The molecule has 2 amide bonds. The molecular weight excluding hydrogens is 338 g/mol. The quantitative estimate of drug-likeness (QED) is 0.828. The van der Waals surface area contributed by atoms with Crippen LogP contribution in [0, 0.1) is 17.6 Å². The molecule has 0 spiro atoms. The smallest absolute Gasteiger partial charge is 0.232 e. The highest BCUT2D eigenvalue weighted by Crippen LogP contribution is 2.35. The van der Waals surface area contributed by atoms with Crippen LogP contribution in [0.5, 0.6) is 0 Å². The standard InChI is InChI=1S/C20H18F2N2O2/c1-12-8-13-4-2-3-5-18(13)24(12)20(26)14-9-19(25)23(11-14)15-6-7-16(21)17(22)10-15/h2-7,10,12,14H,8-9,11H2,1H3. The van der Waals surface area contributed by atoms with Crippen LogP contribution in [-0.4, -0.2) is 24.4 Å². The lowest BCUT2D eigenvalue weighted by Crippen LogP contribution is -2.41. The Morgan fingerprint density at radius 1 is 1.08 bits per heavy atom. The molecule has 2 aliphatic rings. The van der Waals surface area contributed by atoms with Crippen molar-refractivity contribution in [1.82, 2.24) is 0 Å². The Morgan fingerprint density at radius 2 is 1.85 bits per heavy atom. The number of hydrogen-bond acceptors (Lipinski definition) is 2. The fraction of sp³-hybridized carbons (Fsp3) is 0.300. The Kier molecular flexibility index (Phi) is 3.98. The average molecular weight is 356 g/mol. The molecule has 0 radical (unpaired) electrons. The van der Waals surface area contributed by atoms with Gasteiger partial charge in [0, 0.05) is 36.4 Å². The van der Waals surface area contributed by atoms with E-state index in [1.807, 2.05) is 31.2 Å². The highest BCUT2D eigenvalue weighted by Gasteiger charge is 2.41. The molecule has 2 aromatic carbocycles. The Bertz CT molecular complexity index is 899. The van der Waals surface area contributed by atoms with Gasteiger partial charge in [0.2, 0.25) is 11.8 Å². The first-order valence-electron chi connectivity index (χ1n) is 8.62. The maximum absolute atomic E-state index is 13.5. The Labute approximate surface area is 150 Å². The van der Waals surface area contributed by atoms with E-state index in [0.29, 0.717) is 0 Å². The summed E-state index contributed by atoms with van der Waals surface area (Å²) in [5.41, 5.74) is 2.29. The summed E-state index contributed by atoms with van der Waals surface area (Å²) in [6.07, 6.45) is 0.860. The molecular formula is C20H18F2N2O2. The monoisotopic (exact) mass is 356 g/mol. The molecule has 1 fully saturated rings. The summed E-state index contributed by atoms with van der Waals surface area (Å²) < 4.78 is 26.6. The Hall–Kier alpha value is -2.76. The molecule has 6 heteroatoms. The third kappa shape index (κ3) is 2.66. The number of benzene rings is 2. The van der Waals surface area contributed by atoms with Gasteiger partial charge in [0.25, 0.3) is 0 Å². The van der Waals surface area contributed by atoms with Gasteiger partial charge in [0.05, 0.1) is 5.92 Å². The van der Waals surface area contributed by atoms with Gasteiger partial charge in [-0.3, -0.25) is 9.59 Å². The molecule has 4 nitrogen and oxygen atoms in total. The SMILES string of the molecule is CC1Cc2ccccc2N1C(=O)C1CC(=O)N(c2ccc(F)c(F)c2)C1. The molecule has 134 valence electrons. The van der Waals surface area contributed by atoms with Crippen molar-refractivity contribution in [1.29, 1.82) is 0 Å². The van der Waals surface area contributed by atoms with Crippen molar-refractivity contribution in [3.05, 3.63) is 59.7 Å². The molecule has 2 unspecified atom stereocenters. The highest BCUT2D eigenvalue weighted by molar-refractivity contribution is 6.05. The summed E-state index contributed by atoms with van der Waals surface area (Å²) in [6.45, 7) is 2.16. The summed E-state index contributed by atoms with van der Waals surface area (Å²) in [7, 11) is 0. The number of rotatable bonds is 2. The Morgan fingerprint density at radius 3 is 2.62 bits per heavy atom. The molecule has 2 atom stereocenters. The minimum absolute atomic E-state index is 0.0346. The van der Waals surface area contributed by atoms with Crippen LogP contribution in [0.3, 0.4) is 0 Å². The second kappa shape index (κ2) is 6.20. The van der Waals surface area contributed by atoms with E-state index in [0.717, 1.165) is 29.8 Å². The van der Waals surface area contributed by atoms with Crippen LogP contribution >= 0.6 is 0 Å². The second-order valence-electron chi connectivity index (χ2n) is 6.89. The van der Waals surface area contributed by atoms with Crippen molar-refractivity contribution < 1.29 is 18.4 Å². The summed E-state index contributed by atoms with van der Waals surface area (Å²) in [5.74, 6) is -2.82. The summed E-state index contributed by atoms with van der Waals surface area (Å²) in [6, 6.07) is 11.1. The largest absolute Gasteiger partial charge is 0.311 e. The number of anilines is 2. The first-order chi connectivity index (χ1) is 12.5. The predicted molar refractivity (Wildman–Crippen MR) is 93.9 cm³/mol. The van der Waals surface area contributed by atoms with Crippen LogP contribution in [0.1, 0.15) is 18.9 Å². The topological polar surface area (TPSA) is 40.6 Å². The lowest BCUT2D eigenvalue weighted by atomic mass is 10.1. The fourth-order valence-corrected chi connectivity index (χ4v) is 3.87. The van der Waals surface area contributed by atoms with E-state index >= 15 is 0 Å². The molecule has 0 bridgehead atoms. The summed E-state index contributed by atoms with van der Waals surface area (Å²) >= 11 is 0. The van der Waals surface area contributed by atoms with E-state index < -0.39 is 17.6 Å². The van der Waals surface area contributed by atoms with Gasteiger partial charge in [-0.05, 0) is 37.1 Å². The van der Waals surface area contributed by atoms with Crippen LogP contribution in [0.4, 0.5) is 20.2 Å².